The Morgan fingerprint density at radius 3 is 2.79 bits per heavy atom. The largest absolute Gasteiger partial charge is 0.378 e. The molecule has 1 aliphatic heterocycles. The van der Waals surface area contributed by atoms with Gasteiger partial charge >= 0.3 is 0 Å². The molecule has 0 unspecified atom stereocenters. The van der Waals surface area contributed by atoms with Gasteiger partial charge in [0.1, 0.15) is 0 Å². The molecule has 14 heavy (non-hydrogen) atoms. The van der Waals surface area contributed by atoms with Crippen molar-refractivity contribution in [3.63, 3.8) is 0 Å². The molecular weight excluding hydrogens is 176 g/mol. The third-order valence-electron chi connectivity index (χ3n) is 3.11. The van der Waals surface area contributed by atoms with Crippen LogP contribution in [0, 0.1) is 13.8 Å². The highest BCUT2D eigenvalue weighted by atomic mass is 16.5. The average Bonchev–Trinajstić information content (AvgIpc) is 2.47. The third kappa shape index (κ3) is 1.57. The number of aromatic nitrogens is 1. The average molecular weight is 194 g/mol. The van der Waals surface area contributed by atoms with Crippen LogP contribution in [0.15, 0.2) is 6.07 Å². The van der Waals surface area contributed by atoms with Gasteiger partial charge in [0.05, 0.1) is 19.3 Å². The van der Waals surface area contributed by atoms with Gasteiger partial charge in [0.2, 0.25) is 0 Å². The van der Waals surface area contributed by atoms with Crippen molar-refractivity contribution in [3.05, 3.63) is 23.0 Å². The fraction of sp³-hybridized carbons (Fsp3) is 0.636. The third-order valence-corrected chi connectivity index (χ3v) is 3.11. The van der Waals surface area contributed by atoms with E-state index in [-0.39, 0.29) is 0 Å². The quantitative estimate of drug-likeness (QED) is 0.729. The number of nitrogens with zero attached hydrogens (tertiary/aromatic N) is 1. The van der Waals surface area contributed by atoms with Crippen LogP contribution >= 0.6 is 0 Å². The number of nitrogens with one attached hydrogen (secondary N) is 1. The molecule has 0 saturated carbocycles. The minimum absolute atomic E-state index is 0.378. The van der Waals surface area contributed by atoms with Crippen molar-refractivity contribution < 1.29 is 4.74 Å². The van der Waals surface area contributed by atoms with Gasteiger partial charge in [-0.15, -0.1) is 0 Å². The number of hydrogen-bond donors (Lipinski definition) is 1. The number of aryl methyl sites for hydroxylation is 1. The highest BCUT2D eigenvalue weighted by molar-refractivity contribution is 5.29. The molecule has 0 bridgehead atoms. The summed E-state index contributed by atoms with van der Waals surface area (Å²) in [6.45, 7) is 6.89. The first-order chi connectivity index (χ1) is 6.70. The highest BCUT2D eigenvalue weighted by Gasteiger charge is 2.19. The fourth-order valence-corrected chi connectivity index (χ4v) is 2.00. The fourth-order valence-electron chi connectivity index (χ4n) is 2.00. The molecule has 0 radical (unpaired) electrons. The van der Waals surface area contributed by atoms with Crippen molar-refractivity contribution >= 4 is 0 Å². The number of morpholine rings is 1. The second kappa shape index (κ2) is 3.75. The van der Waals surface area contributed by atoms with Gasteiger partial charge < -0.3 is 14.6 Å². The molecule has 2 heterocycles. The second-order valence-corrected chi connectivity index (χ2v) is 3.97. The molecule has 78 valence electrons. The Labute approximate surface area is 85.1 Å². The van der Waals surface area contributed by atoms with Crippen LogP contribution in [-0.4, -0.2) is 24.3 Å². The monoisotopic (exact) mass is 194 g/mol. The van der Waals surface area contributed by atoms with Gasteiger partial charge in [-0.1, -0.05) is 0 Å². The Balaban J connectivity index is 2.26. The standard InChI is InChI=1S/C11H18N2O/c1-8-6-10(9(2)13(8)3)11-7-14-5-4-12-11/h6,11-12H,4-5,7H2,1-3H3/t11-/m1/s1. The minimum atomic E-state index is 0.378. The first-order valence-electron chi connectivity index (χ1n) is 5.14. The SMILES string of the molecule is Cc1cc([C@H]2COCCN2)c(C)n1C. The summed E-state index contributed by atoms with van der Waals surface area (Å²) in [5.74, 6) is 0. The summed E-state index contributed by atoms with van der Waals surface area (Å²) in [4.78, 5) is 0. The van der Waals surface area contributed by atoms with E-state index < -0.39 is 0 Å². The highest BCUT2D eigenvalue weighted by Crippen LogP contribution is 2.22. The van der Waals surface area contributed by atoms with Crippen molar-refractivity contribution in [2.45, 2.75) is 19.9 Å². The number of rotatable bonds is 1. The van der Waals surface area contributed by atoms with E-state index >= 15 is 0 Å². The van der Waals surface area contributed by atoms with Crippen LogP contribution in [0.2, 0.25) is 0 Å². The van der Waals surface area contributed by atoms with Crippen LogP contribution in [0.25, 0.3) is 0 Å². The van der Waals surface area contributed by atoms with E-state index in [0.29, 0.717) is 6.04 Å². The van der Waals surface area contributed by atoms with Gasteiger partial charge in [0.15, 0.2) is 0 Å². The maximum absolute atomic E-state index is 5.47. The molecule has 0 aliphatic carbocycles. The van der Waals surface area contributed by atoms with Crippen molar-refractivity contribution in [1.29, 1.82) is 0 Å². The Bertz CT molecular complexity index is 324. The minimum Gasteiger partial charge on any atom is -0.378 e. The normalized spacial score (nSPS) is 22.6. The topological polar surface area (TPSA) is 26.2 Å². The summed E-state index contributed by atoms with van der Waals surface area (Å²) in [7, 11) is 2.11. The van der Waals surface area contributed by atoms with E-state index in [4.69, 9.17) is 4.74 Å². The molecule has 1 N–H and O–H groups in total. The van der Waals surface area contributed by atoms with Crippen molar-refractivity contribution in [2.24, 2.45) is 7.05 Å². The summed E-state index contributed by atoms with van der Waals surface area (Å²) in [6, 6.07) is 2.63. The summed E-state index contributed by atoms with van der Waals surface area (Å²) in [5.41, 5.74) is 4.03. The molecule has 1 aromatic rings. The molecule has 3 nitrogen and oxygen atoms in total. The van der Waals surface area contributed by atoms with E-state index in [1.165, 1.54) is 17.0 Å². The van der Waals surface area contributed by atoms with Gasteiger partial charge in [0, 0.05) is 25.0 Å². The van der Waals surface area contributed by atoms with Crippen molar-refractivity contribution in [1.82, 2.24) is 9.88 Å². The van der Waals surface area contributed by atoms with Gasteiger partial charge in [-0.05, 0) is 25.5 Å². The van der Waals surface area contributed by atoms with Crippen LogP contribution in [0.5, 0.6) is 0 Å². The first-order valence-corrected chi connectivity index (χ1v) is 5.14. The van der Waals surface area contributed by atoms with E-state index in [2.05, 4.69) is 36.8 Å². The van der Waals surface area contributed by atoms with E-state index in [0.717, 1.165) is 19.8 Å². The lowest BCUT2D eigenvalue weighted by Crippen LogP contribution is -2.34. The molecule has 1 aromatic heterocycles. The van der Waals surface area contributed by atoms with Crippen LogP contribution in [0.1, 0.15) is 23.0 Å². The molecule has 0 aromatic carbocycles. The van der Waals surface area contributed by atoms with Crippen molar-refractivity contribution in [2.75, 3.05) is 19.8 Å². The molecule has 2 rings (SSSR count). The zero-order valence-corrected chi connectivity index (χ0v) is 9.13. The zero-order chi connectivity index (χ0) is 10.1. The Hall–Kier alpha value is -0.800. The smallest absolute Gasteiger partial charge is 0.0662 e. The Morgan fingerprint density at radius 1 is 1.50 bits per heavy atom. The van der Waals surface area contributed by atoms with E-state index in [9.17, 15) is 0 Å². The first kappa shape index (κ1) is 9.74. The second-order valence-electron chi connectivity index (χ2n) is 3.97. The zero-order valence-electron chi connectivity index (χ0n) is 9.13. The van der Waals surface area contributed by atoms with Crippen LogP contribution in [-0.2, 0) is 11.8 Å². The lowest BCUT2D eigenvalue weighted by molar-refractivity contribution is 0.0767. The van der Waals surface area contributed by atoms with Gasteiger partial charge in [-0.25, -0.2) is 0 Å². The Kier molecular flexibility index (Phi) is 2.61. The van der Waals surface area contributed by atoms with Gasteiger partial charge in [0.25, 0.3) is 0 Å². The lowest BCUT2D eigenvalue weighted by Gasteiger charge is -2.24. The van der Waals surface area contributed by atoms with Crippen LogP contribution < -0.4 is 5.32 Å². The predicted octanol–water partition coefficient (Wildman–Crippen LogP) is 1.30. The summed E-state index contributed by atoms with van der Waals surface area (Å²) in [5, 5.41) is 3.48. The van der Waals surface area contributed by atoms with Crippen molar-refractivity contribution in [3.8, 4) is 0 Å². The van der Waals surface area contributed by atoms with E-state index in [1.807, 2.05) is 0 Å². The summed E-state index contributed by atoms with van der Waals surface area (Å²) >= 11 is 0. The van der Waals surface area contributed by atoms with Crippen LogP contribution in [0.4, 0.5) is 0 Å². The summed E-state index contributed by atoms with van der Waals surface area (Å²) in [6.07, 6.45) is 0. The number of ether oxygens (including phenoxy) is 1. The maximum atomic E-state index is 5.47. The number of hydrogen-bond acceptors (Lipinski definition) is 2. The molecule has 1 fully saturated rings. The molecule has 1 aliphatic rings. The van der Waals surface area contributed by atoms with Gasteiger partial charge in [-0.3, -0.25) is 0 Å². The molecule has 0 amide bonds. The Morgan fingerprint density at radius 2 is 2.29 bits per heavy atom. The predicted molar refractivity (Wildman–Crippen MR) is 56.4 cm³/mol. The summed E-state index contributed by atoms with van der Waals surface area (Å²) < 4.78 is 7.70. The molecule has 0 spiro atoms. The molecule has 1 saturated heterocycles. The van der Waals surface area contributed by atoms with Crippen LogP contribution in [0.3, 0.4) is 0 Å². The molecule has 3 heteroatoms. The molecule has 1 atom stereocenters. The maximum Gasteiger partial charge on any atom is 0.0662 e. The van der Waals surface area contributed by atoms with Gasteiger partial charge in [-0.2, -0.15) is 0 Å². The molecular formula is C11H18N2O. The van der Waals surface area contributed by atoms with E-state index in [1.54, 1.807) is 0 Å². The lowest BCUT2D eigenvalue weighted by atomic mass is 10.1.